The molecule has 0 aromatic rings. The van der Waals surface area contributed by atoms with Gasteiger partial charge in [-0.15, -0.1) is 0 Å². The number of rotatable bonds is 18. The first-order chi connectivity index (χ1) is 16.6. The fourth-order valence-corrected chi connectivity index (χ4v) is 5.00. The van der Waals surface area contributed by atoms with Gasteiger partial charge in [0.1, 0.15) is 5.92 Å². The van der Waals surface area contributed by atoms with Crippen molar-refractivity contribution in [3.8, 4) is 0 Å². The molecule has 3 atom stereocenters. The third-order valence-corrected chi connectivity index (χ3v) is 6.78. The number of esters is 1. The number of carbonyl (C=O) groups is 1. The Bertz CT molecular complexity index is 622. The van der Waals surface area contributed by atoms with E-state index in [1.807, 2.05) is 0 Å². The van der Waals surface area contributed by atoms with Gasteiger partial charge in [0.2, 0.25) is 0 Å². The average Bonchev–Trinajstić information content (AvgIpc) is 3.27. The van der Waals surface area contributed by atoms with Gasteiger partial charge in [-0.2, -0.15) is 0 Å². The van der Waals surface area contributed by atoms with E-state index in [-0.39, 0.29) is 12.0 Å². The van der Waals surface area contributed by atoms with Crippen LogP contribution >= 0.6 is 0 Å². The van der Waals surface area contributed by atoms with Crippen LogP contribution in [0.5, 0.6) is 0 Å². The maximum atomic E-state index is 13.2. The summed E-state index contributed by atoms with van der Waals surface area (Å²) in [6, 6.07) is -0.189. The van der Waals surface area contributed by atoms with E-state index in [9.17, 15) is 4.79 Å². The Balaban J connectivity index is 1.78. The van der Waals surface area contributed by atoms with E-state index < -0.39 is 11.6 Å². The Morgan fingerprint density at radius 2 is 1.88 bits per heavy atom. The fraction of sp³-hybridized carbons (Fsp3) is 0.880. The van der Waals surface area contributed by atoms with Crippen molar-refractivity contribution in [2.45, 2.75) is 115 Å². The molecule has 0 aliphatic carbocycles. The monoisotopic (exact) mass is 480 g/mol. The second-order valence-corrected chi connectivity index (χ2v) is 9.57. The smallest absolute Gasteiger partial charge is 0.316 e. The van der Waals surface area contributed by atoms with Crippen LogP contribution in [-0.2, 0) is 14.3 Å². The zero-order valence-electron chi connectivity index (χ0n) is 21.2. The van der Waals surface area contributed by atoms with Gasteiger partial charge in [-0.05, 0) is 32.1 Å². The summed E-state index contributed by atoms with van der Waals surface area (Å²) in [6.07, 6.45) is 17.7. The quantitative estimate of drug-likeness (QED) is 0.0588. The van der Waals surface area contributed by atoms with Gasteiger partial charge in [-0.3, -0.25) is 9.79 Å². The Labute approximate surface area is 205 Å². The van der Waals surface area contributed by atoms with E-state index in [1.165, 1.54) is 38.4 Å². The van der Waals surface area contributed by atoms with E-state index >= 15 is 0 Å². The van der Waals surface area contributed by atoms with E-state index in [0.717, 1.165) is 70.8 Å². The molecule has 1 fully saturated rings. The second kappa shape index (κ2) is 16.7. The number of hydrogen-bond donors (Lipinski definition) is 4. The highest BCUT2D eigenvalue weighted by Crippen LogP contribution is 2.38. The van der Waals surface area contributed by atoms with Crippen LogP contribution < -0.4 is 22.3 Å². The predicted octanol–water partition coefficient (Wildman–Crippen LogP) is 3.52. The minimum absolute atomic E-state index is 0.189. The lowest BCUT2D eigenvalue weighted by atomic mass is 9.82. The van der Waals surface area contributed by atoms with Crippen molar-refractivity contribution in [3.05, 3.63) is 0 Å². The molecule has 196 valence electrons. The van der Waals surface area contributed by atoms with Gasteiger partial charge in [0, 0.05) is 13.2 Å². The van der Waals surface area contributed by atoms with Crippen molar-refractivity contribution in [1.82, 2.24) is 10.7 Å². The predicted molar refractivity (Wildman–Crippen MR) is 137 cm³/mol. The summed E-state index contributed by atoms with van der Waals surface area (Å²) < 4.78 is 11.8. The standard InChI is InChI=1S/C25H48N6O3/c1-2-3-4-5-6-8-11-15-21-22(25(16-14-19-34-25)31-24(26)30-21)23(32)33-18-13-10-7-9-12-17-28-20-29-27/h20-22H,2-19,27H2,1H3,(H,28,29)(H3,26,30,31). The van der Waals surface area contributed by atoms with Crippen molar-refractivity contribution in [1.29, 1.82) is 0 Å². The SMILES string of the molecule is CCCCCCCCCC1N=C(N)NC2(CCCO2)C1C(=O)OCCCCCCCN=CNN. The first-order valence-electron chi connectivity index (χ1n) is 13.5. The zero-order valence-corrected chi connectivity index (χ0v) is 21.2. The molecule has 0 aromatic heterocycles. The minimum Gasteiger partial charge on any atom is -0.465 e. The van der Waals surface area contributed by atoms with Gasteiger partial charge in [-0.25, -0.2) is 10.8 Å². The van der Waals surface area contributed by atoms with Gasteiger partial charge < -0.3 is 25.9 Å². The molecule has 0 aromatic carbocycles. The van der Waals surface area contributed by atoms with Crippen LogP contribution in [0.15, 0.2) is 9.98 Å². The van der Waals surface area contributed by atoms with Crippen molar-refractivity contribution in [2.75, 3.05) is 19.8 Å². The topological polar surface area (TPSA) is 136 Å². The molecule has 2 rings (SSSR count). The van der Waals surface area contributed by atoms with Gasteiger partial charge in [0.05, 0.1) is 19.0 Å². The summed E-state index contributed by atoms with van der Waals surface area (Å²) in [4.78, 5) is 22.0. The van der Waals surface area contributed by atoms with Crippen LogP contribution in [0.3, 0.4) is 0 Å². The summed E-state index contributed by atoms with van der Waals surface area (Å²) in [6.45, 7) is 4.07. The summed E-state index contributed by atoms with van der Waals surface area (Å²) in [5, 5.41) is 3.20. The van der Waals surface area contributed by atoms with E-state index in [2.05, 4.69) is 27.7 Å². The van der Waals surface area contributed by atoms with Crippen LogP contribution in [-0.4, -0.2) is 49.8 Å². The number of nitrogens with two attached hydrogens (primary N) is 2. The highest BCUT2D eigenvalue weighted by molar-refractivity contribution is 5.84. The highest BCUT2D eigenvalue weighted by atomic mass is 16.5. The lowest BCUT2D eigenvalue weighted by Gasteiger charge is -2.42. The summed E-state index contributed by atoms with van der Waals surface area (Å²) in [5.41, 5.74) is 7.75. The number of guanidine groups is 1. The Hall–Kier alpha value is -1.87. The number of carbonyl (C=O) groups excluding carboxylic acids is 1. The molecule has 6 N–H and O–H groups in total. The number of hydrazine groups is 1. The number of nitrogens with zero attached hydrogens (tertiary/aromatic N) is 2. The lowest BCUT2D eigenvalue weighted by molar-refractivity contribution is -0.165. The normalized spacial score (nSPS) is 24.4. The van der Waals surface area contributed by atoms with Crippen molar-refractivity contribution >= 4 is 18.3 Å². The molecule has 3 unspecified atom stereocenters. The molecule has 1 spiro atoms. The molecular weight excluding hydrogens is 432 g/mol. The molecule has 0 amide bonds. The fourth-order valence-electron chi connectivity index (χ4n) is 5.00. The number of nitrogens with one attached hydrogen (secondary N) is 2. The van der Waals surface area contributed by atoms with E-state index in [1.54, 1.807) is 0 Å². The Kier molecular flexibility index (Phi) is 13.9. The molecule has 34 heavy (non-hydrogen) atoms. The summed E-state index contributed by atoms with van der Waals surface area (Å²) in [7, 11) is 0. The third kappa shape index (κ3) is 9.78. The van der Waals surface area contributed by atoms with E-state index in [4.69, 9.17) is 21.1 Å². The highest BCUT2D eigenvalue weighted by Gasteiger charge is 2.53. The summed E-state index contributed by atoms with van der Waals surface area (Å²) >= 11 is 0. The maximum Gasteiger partial charge on any atom is 0.316 e. The van der Waals surface area contributed by atoms with E-state index in [0.29, 0.717) is 19.2 Å². The Morgan fingerprint density at radius 3 is 2.59 bits per heavy atom. The largest absolute Gasteiger partial charge is 0.465 e. The van der Waals surface area contributed by atoms with Gasteiger partial charge in [0.25, 0.3) is 0 Å². The van der Waals surface area contributed by atoms with Crippen LogP contribution in [0.2, 0.25) is 0 Å². The third-order valence-electron chi connectivity index (χ3n) is 6.78. The first-order valence-corrected chi connectivity index (χ1v) is 13.5. The minimum atomic E-state index is -0.770. The number of ether oxygens (including phenoxy) is 2. The van der Waals surface area contributed by atoms with Crippen LogP contribution in [0.1, 0.15) is 103 Å². The first kappa shape index (κ1) is 28.4. The van der Waals surface area contributed by atoms with Gasteiger partial charge in [-0.1, -0.05) is 71.1 Å². The molecule has 2 aliphatic heterocycles. The molecule has 2 heterocycles. The lowest BCUT2D eigenvalue weighted by Crippen LogP contribution is -2.64. The molecular formula is C25H48N6O3. The zero-order chi connectivity index (χ0) is 24.5. The van der Waals surface area contributed by atoms with Crippen molar-refractivity contribution in [2.24, 2.45) is 27.5 Å². The average molecular weight is 481 g/mol. The van der Waals surface area contributed by atoms with Gasteiger partial charge >= 0.3 is 5.97 Å². The van der Waals surface area contributed by atoms with Gasteiger partial charge in [0.15, 0.2) is 11.7 Å². The van der Waals surface area contributed by atoms with Crippen molar-refractivity contribution in [3.63, 3.8) is 0 Å². The summed E-state index contributed by atoms with van der Waals surface area (Å²) in [5.74, 6) is 4.87. The molecule has 0 saturated carbocycles. The van der Waals surface area contributed by atoms with Crippen molar-refractivity contribution < 1.29 is 14.3 Å². The molecule has 0 bridgehead atoms. The Morgan fingerprint density at radius 1 is 1.18 bits per heavy atom. The molecule has 9 nitrogen and oxygen atoms in total. The van der Waals surface area contributed by atoms with Crippen LogP contribution in [0, 0.1) is 5.92 Å². The molecule has 2 aliphatic rings. The van der Waals surface area contributed by atoms with Crippen LogP contribution in [0.25, 0.3) is 0 Å². The maximum absolute atomic E-state index is 13.2. The number of hydrogen-bond acceptors (Lipinski definition) is 8. The molecule has 9 heteroatoms. The molecule has 1 saturated heterocycles. The number of aliphatic imine (C=N–C) groups is 2. The van der Waals surface area contributed by atoms with Crippen LogP contribution in [0.4, 0.5) is 0 Å². The number of unbranched alkanes of at least 4 members (excludes halogenated alkanes) is 10. The second-order valence-electron chi connectivity index (χ2n) is 9.57. The molecule has 0 radical (unpaired) electrons.